The van der Waals surface area contributed by atoms with Gasteiger partial charge < -0.3 is 9.88 Å². The fraction of sp³-hybridized carbons (Fsp3) is 0.231. The molecule has 0 bridgehead atoms. The maximum absolute atomic E-state index is 12.3. The van der Waals surface area contributed by atoms with Crippen molar-refractivity contribution in [1.29, 1.82) is 0 Å². The molecule has 6 heteroatoms. The molecule has 1 N–H and O–H groups in total. The number of pyridine rings is 1. The Bertz CT molecular complexity index is 595. The van der Waals surface area contributed by atoms with Crippen LogP contribution in [0.5, 0.6) is 0 Å². The Hall–Kier alpha value is -1.14. The molecule has 19 heavy (non-hydrogen) atoms. The van der Waals surface area contributed by atoms with Crippen molar-refractivity contribution in [2.24, 2.45) is 0 Å². The first-order valence-electron chi connectivity index (χ1n) is 5.89. The summed E-state index contributed by atoms with van der Waals surface area (Å²) in [6, 6.07) is 5.45. The van der Waals surface area contributed by atoms with Crippen molar-refractivity contribution in [1.82, 2.24) is 9.55 Å². The molecule has 0 saturated carbocycles. The number of nitrogens with one attached hydrogen (secondary N) is 1. The Labute approximate surface area is 128 Å². The molecule has 4 nitrogen and oxygen atoms in total. The second-order valence-corrected chi connectivity index (χ2v) is 5.79. The van der Waals surface area contributed by atoms with Gasteiger partial charge in [0.25, 0.3) is 5.91 Å². The molecular formula is C13H13Br2N3O. The van der Waals surface area contributed by atoms with Crippen molar-refractivity contribution in [2.45, 2.75) is 19.9 Å². The van der Waals surface area contributed by atoms with E-state index in [0.29, 0.717) is 11.5 Å². The second-order valence-electron chi connectivity index (χ2n) is 4.02. The number of aromatic nitrogens is 2. The van der Waals surface area contributed by atoms with Gasteiger partial charge in [-0.05, 0) is 56.5 Å². The van der Waals surface area contributed by atoms with Crippen LogP contribution in [0.15, 0.2) is 39.5 Å². The van der Waals surface area contributed by atoms with Gasteiger partial charge in [-0.2, -0.15) is 0 Å². The smallest absolute Gasteiger partial charge is 0.273 e. The summed E-state index contributed by atoms with van der Waals surface area (Å²) in [4.78, 5) is 16.4. The molecule has 0 radical (unpaired) electrons. The molecule has 0 aliphatic heterocycles. The monoisotopic (exact) mass is 385 g/mol. The van der Waals surface area contributed by atoms with Gasteiger partial charge in [-0.1, -0.05) is 6.92 Å². The summed E-state index contributed by atoms with van der Waals surface area (Å²) in [5, 5.41) is 2.80. The molecule has 0 saturated heterocycles. The lowest BCUT2D eigenvalue weighted by atomic mass is 10.3. The van der Waals surface area contributed by atoms with Gasteiger partial charge >= 0.3 is 0 Å². The summed E-state index contributed by atoms with van der Waals surface area (Å²) >= 11 is 6.75. The molecule has 0 aliphatic rings. The summed E-state index contributed by atoms with van der Waals surface area (Å²) in [5.74, 6) is 0.353. The summed E-state index contributed by atoms with van der Waals surface area (Å²) in [6.07, 6.45) is 4.52. The van der Waals surface area contributed by atoms with Gasteiger partial charge in [0.05, 0.1) is 4.47 Å². The fourth-order valence-electron chi connectivity index (χ4n) is 1.74. The molecule has 2 rings (SSSR count). The van der Waals surface area contributed by atoms with Gasteiger partial charge in [0.2, 0.25) is 0 Å². The number of carbonyl (C=O) groups is 1. The largest absolute Gasteiger partial charge is 0.342 e. The highest BCUT2D eigenvalue weighted by molar-refractivity contribution is 9.10. The number of rotatable bonds is 4. The molecule has 2 aromatic rings. The molecule has 100 valence electrons. The Morgan fingerprint density at radius 1 is 1.47 bits per heavy atom. The molecule has 0 unspecified atom stereocenters. The topological polar surface area (TPSA) is 46.9 Å². The number of carbonyl (C=O) groups excluding carboxylic acids is 1. The van der Waals surface area contributed by atoms with Crippen LogP contribution in [0.4, 0.5) is 5.82 Å². The fourth-order valence-corrected chi connectivity index (χ4v) is 2.56. The van der Waals surface area contributed by atoms with Gasteiger partial charge in [-0.3, -0.25) is 4.79 Å². The summed E-state index contributed by atoms with van der Waals surface area (Å²) in [5.41, 5.74) is 0.617. The van der Waals surface area contributed by atoms with Crippen molar-refractivity contribution < 1.29 is 4.79 Å². The lowest BCUT2D eigenvalue weighted by Crippen LogP contribution is -2.17. The minimum absolute atomic E-state index is 0.168. The zero-order valence-electron chi connectivity index (χ0n) is 10.4. The average molecular weight is 387 g/mol. The molecular weight excluding hydrogens is 374 g/mol. The van der Waals surface area contributed by atoms with Crippen LogP contribution < -0.4 is 5.32 Å². The maximum atomic E-state index is 12.3. The minimum atomic E-state index is -0.168. The van der Waals surface area contributed by atoms with Crippen LogP contribution in [-0.2, 0) is 6.54 Å². The van der Waals surface area contributed by atoms with E-state index in [0.717, 1.165) is 21.9 Å². The van der Waals surface area contributed by atoms with Gasteiger partial charge in [-0.25, -0.2) is 4.98 Å². The van der Waals surface area contributed by atoms with Crippen LogP contribution in [-0.4, -0.2) is 15.5 Å². The summed E-state index contributed by atoms with van der Waals surface area (Å²) < 4.78 is 3.58. The molecule has 0 aromatic carbocycles. The Morgan fingerprint density at radius 2 is 2.26 bits per heavy atom. The third-order valence-corrected chi connectivity index (χ3v) is 3.62. The Morgan fingerprint density at radius 3 is 2.95 bits per heavy atom. The third kappa shape index (κ3) is 3.45. The molecule has 0 atom stereocenters. The van der Waals surface area contributed by atoms with Gasteiger partial charge in [-0.15, -0.1) is 0 Å². The van der Waals surface area contributed by atoms with E-state index < -0.39 is 0 Å². The lowest BCUT2D eigenvalue weighted by Gasteiger charge is -2.09. The number of anilines is 1. The van der Waals surface area contributed by atoms with E-state index in [2.05, 4.69) is 49.1 Å². The number of hydrogen-bond acceptors (Lipinski definition) is 2. The molecule has 0 spiro atoms. The van der Waals surface area contributed by atoms with E-state index in [1.165, 1.54) is 0 Å². The zero-order valence-corrected chi connectivity index (χ0v) is 13.5. The highest BCUT2D eigenvalue weighted by Crippen LogP contribution is 2.21. The Balaban J connectivity index is 2.23. The lowest BCUT2D eigenvalue weighted by molar-refractivity contribution is 0.101. The molecule has 0 fully saturated rings. The van der Waals surface area contributed by atoms with Crippen LogP contribution in [0.25, 0.3) is 0 Å². The van der Waals surface area contributed by atoms with E-state index in [9.17, 15) is 4.79 Å². The van der Waals surface area contributed by atoms with Crippen molar-refractivity contribution >= 4 is 43.6 Å². The van der Waals surface area contributed by atoms with Crippen molar-refractivity contribution in [2.75, 3.05) is 5.32 Å². The SMILES string of the molecule is CCCn1cc(Br)cc1C(=O)Nc1ncccc1Br. The summed E-state index contributed by atoms with van der Waals surface area (Å²) in [6.45, 7) is 2.88. The number of nitrogens with zero attached hydrogens (tertiary/aromatic N) is 2. The van der Waals surface area contributed by atoms with Crippen LogP contribution in [0.3, 0.4) is 0 Å². The van der Waals surface area contributed by atoms with E-state index in [4.69, 9.17) is 0 Å². The molecule has 0 aliphatic carbocycles. The minimum Gasteiger partial charge on any atom is -0.342 e. The Kier molecular flexibility index (Phi) is 4.76. The van der Waals surface area contributed by atoms with E-state index in [1.807, 2.05) is 22.9 Å². The predicted molar refractivity (Wildman–Crippen MR) is 82.3 cm³/mol. The number of hydrogen-bond donors (Lipinski definition) is 1. The van der Waals surface area contributed by atoms with E-state index in [1.54, 1.807) is 12.3 Å². The predicted octanol–water partition coefficient (Wildman–Crippen LogP) is 4.07. The number of amides is 1. The zero-order chi connectivity index (χ0) is 13.8. The van der Waals surface area contributed by atoms with Crippen molar-refractivity contribution in [3.63, 3.8) is 0 Å². The highest BCUT2D eigenvalue weighted by atomic mass is 79.9. The van der Waals surface area contributed by atoms with Gasteiger partial charge in [0, 0.05) is 23.4 Å². The van der Waals surface area contributed by atoms with Crippen LogP contribution in [0.1, 0.15) is 23.8 Å². The number of halogens is 2. The third-order valence-electron chi connectivity index (χ3n) is 2.55. The summed E-state index contributed by atoms with van der Waals surface area (Å²) in [7, 11) is 0. The van der Waals surface area contributed by atoms with Gasteiger partial charge in [0.1, 0.15) is 11.5 Å². The van der Waals surface area contributed by atoms with Crippen LogP contribution in [0.2, 0.25) is 0 Å². The standard InChI is InChI=1S/C13H13Br2N3O/c1-2-6-18-8-9(14)7-11(18)13(19)17-12-10(15)4-3-5-16-12/h3-5,7-8H,2,6H2,1H3,(H,16,17,19). The molecule has 2 heterocycles. The number of aryl methyl sites for hydroxylation is 1. The quantitative estimate of drug-likeness (QED) is 0.860. The second kappa shape index (κ2) is 6.34. The highest BCUT2D eigenvalue weighted by Gasteiger charge is 2.14. The average Bonchev–Trinajstić information content (AvgIpc) is 2.74. The van der Waals surface area contributed by atoms with Crippen LogP contribution >= 0.6 is 31.9 Å². The van der Waals surface area contributed by atoms with Crippen LogP contribution in [0, 0.1) is 0 Å². The van der Waals surface area contributed by atoms with E-state index >= 15 is 0 Å². The normalized spacial score (nSPS) is 10.5. The first kappa shape index (κ1) is 14.3. The first-order valence-corrected chi connectivity index (χ1v) is 7.48. The first-order chi connectivity index (χ1) is 9.11. The molecule has 1 amide bonds. The maximum Gasteiger partial charge on any atom is 0.273 e. The van der Waals surface area contributed by atoms with Gasteiger partial charge in [0.15, 0.2) is 0 Å². The van der Waals surface area contributed by atoms with E-state index in [-0.39, 0.29) is 5.91 Å². The van der Waals surface area contributed by atoms with Crippen molar-refractivity contribution in [3.8, 4) is 0 Å². The van der Waals surface area contributed by atoms with Crippen molar-refractivity contribution in [3.05, 3.63) is 45.2 Å². The molecule has 2 aromatic heterocycles.